The number of ether oxygens (including phenoxy) is 2. The molecule has 1 saturated heterocycles. The fourth-order valence-corrected chi connectivity index (χ4v) is 2.69. The van der Waals surface area contributed by atoms with Crippen LogP contribution in [0.3, 0.4) is 0 Å². The lowest BCUT2D eigenvalue weighted by molar-refractivity contribution is 0.0292. The maximum Gasteiger partial charge on any atom is 0.410 e. The Bertz CT molecular complexity index is 655. The molecule has 7 heteroatoms. The molecule has 0 aromatic heterocycles. The predicted molar refractivity (Wildman–Crippen MR) is 82.9 cm³/mol. The molecule has 1 aromatic carbocycles. The Morgan fingerprint density at radius 3 is 2.42 bits per heavy atom. The molecule has 1 amide bonds. The molecule has 1 heterocycles. The molecule has 0 spiro atoms. The summed E-state index contributed by atoms with van der Waals surface area (Å²) in [6.07, 6.45) is 0.0566. The van der Waals surface area contributed by atoms with E-state index in [1.807, 2.05) is 0 Å². The predicted octanol–water partition coefficient (Wildman–Crippen LogP) is 3.48. The van der Waals surface area contributed by atoms with Crippen molar-refractivity contribution >= 4 is 12.1 Å². The van der Waals surface area contributed by atoms with E-state index >= 15 is 0 Å². The number of halogens is 2. The first-order chi connectivity index (χ1) is 11.1. The normalized spacial score (nSPS) is 17.8. The fourth-order valence-electron chi connectivity index (χ4n) is 2.69. The van der Waals surface area contributed by atoms with Gasteiger partial charge in [0.05, 0.1) is 12.7 Å². The van der Waals surface area contributed by atoms with Crippen LogP contribution in [-0.4, -0.2) is 42.8 Å². The molecule has 0 aliphatic carbocycles. The minimum absolute atomic E-state index is 0.0209. The van der Waals surface area contributed by atoms with Crippen molar-refractivity contribution in [3.05, 3.63) is 34.9 Å². The second kappa shape index (κ2) is 6.75. The molecule has 1 atom stereocenters. The van der Waals surface area contributed by atoms with Gasteiger partial charge in [-0.2, -0.15) is 0 Å². The van der Waals surface area contributed by atoms with Gasteiger partial charge in [-0.15, -0.1) is 0 Å². The highest BCUT2D eigenvalue weighted by Gasteiger charge is 2.33. The number of benzene rings is 1. The van der Waals surface area contributed by atoms with Crippen LogP contribution in [-0.2, 0) is 9.47 Å². The van der Waals surface area contributed by atoms with E-state index in [2.05, 4.69) is 4.74 Å². The van der Waals surface area contributed by atoms with Gasteiger partial charge < -0.3 is 14.4 Å². The molecule has 1 aliphatic rings. The van der Waals surface area contributed by atoms with E-state index in [1.165, 1.54) is 12.0 Å². The first-order valence-corrected chi connectivity index (χ1v) is 7.67. The fraction of sp³-hybridized carbons (Fsp3) is 0.529. The highest BCUT2D eigenvalue weighted by Crippen LogP contribution is 2.32. The minimum Gasteiger partial charge on any atom is -0.465 e. The number of methoxy groups -OCH3 is 1. The third-order valence-electron chi connectivity index (χ3n) is 3.78. The zero-order valence-electron chi connectivity index (χ0n) is 14.2. The zero-order chi connectivity index (χ0) is 18.1. The Morgan fingerprint density at radius 2 is 1.83 bits per heavy atom. The Balaban J connectivity index is 2.23. The molecule has 0 radical (unpaired) electrons. The smallest absolute Gasteiger partial charge is 0.410 e. The van der Waals surface area contributed by atoms with Gasteiger partial charge in [-0.25, -0.2) is 18.4 Å². The van der Waals surface area contributed by atoms with Gasteiger partial charge in [0, 0.05) is 19.0 Å². The van der Waals surface area contributed by atoms with Crippen molar-refractivity contribution in [2.45, 2.75) is 38.7 Å². The van der Waals surface area contributed by atoms with Gasteiger partial charge in [-0.05, 0) is 44.9 Å². The van der Waals surface area contributed by atoms with E-state index in [0.717, 1.165) is 12.1 Å². The van der Waals surface area contributed by atoms with Gasteiger partial charge in [0.1, 0.15) is 5.60 Å². The largest absolute Gasteiger partial charge is 0.465 e. The van der Waals surface area contributed by atoms with Gasteiger partial charge in [0.25, 0.3) is 0 Å². The van der Waals surface area contributed by atoms with E-state index in [4.69, 9.17) is 4.74 Å². The van der Waals surface area contributed by atoms with Crippen molar-refractivity contribution in [2.75, 3.05) is 20.2 Å². The van der Waals surface area contributed by atoms with Crippen LogP contribution in [0.25, 0.3) is 0 Å². The highest BCUT2D eigenvalue weighted by molar-refractivity contribution is 5.91. The number of hydrogen-bond donors (Lipinski definition) is 0. The maximum atomic E-state index is 13.6. The second-order valence-electron chi connectivity index (χ2n) is 6.76. The summed E-state index contributed by atoms with van der Waals surface area (Å²) in [5, 5.41) is 0. The number of carbonyl (C=O) groups excluding carboxylic acids is 2. The number of esters is 1. The zero-order valence-corrected chi connectivity index (χ0v) is 14.2. The maximum absolute atomic E-state index is 13.6. The van der Waals surface area contributed by atoms with Crippen molar-refractivity contribution in [3.8, 4) is 0 Å². The van der Waals surface area contributed by atoms with E-state index in [9.17, 15) is 18.4 Å². The molecule has 2 rings (SSSR count). The average Bonchev–Trinajstić information content (AvgIpc) is 2.97. The third kappa shape index (κ3) is 4.01. The Kier molecular flexibility index (Phi) is 5.11. The molecule has 0 N–H and O–H groups in total. The van der Waals surface area contributed by atoms with Crippen molar-refractivity contribution in [1.29, 1.82) is 0 Å². The molecule has 1 fully saturated rings. The van der Waals surface area contributed by atoms with Crippen LogP contribution in [0.1, 0.15) is 49.0 Å². The van der Waals surface area contributed by atoms with Gasteiger partial charge in [0.15, 0.2) is 11.6 Å². The van der Waals surface area contributed by atoms with Crippen LogP contribution in [0.15, 0.2) is 12.1 Å². The standard InChI is InChI=1S/C17H21F2NO4/c1-17(2,3)24-16(22)20-6-5-10(9-20)11-7-13(18)14(19)8-12(11)15(21)23-4/h7-8,10H,5-6,9H2,1-4H3. The quantitative estimate of drug-likeness (QED) is 0.773. The van der Waals surface area contributed by atoms with E-state index in [1.54, 1.807) is 20.8 Å². The Hall–Kier alpha value is -2.18. The first kappa shape index (κ1) is 18.2. The number of likely N-dealkylation sites (tertiary alicyclic amines) is 1. The van der Waals surface area contributed by atoms with Crippen molar-refractivity contribution in [3.63, 3.8) is 0 Å². The minimum atomic E-state index is -1.11. The number of carbonyl (C=O) groups is 2. The second-order valence-corrected chi connectivity index (χ2v) is 6.76. The summed E-state index contributed by atoms with van der Waals surface area (Å²) in [5.74, 6) is -3.17. The summed E-state index contributed by atoms with van der Waals surface area (Å²) >= 11 is 0. The van der Waals surface area contributed by atoms with Crippen LogP contribution in [0.5, 0.6) is 0 Å². The van der Waals surface area contributed by atoms with Gasteiger partial charge in [-0.1, -0.05) is 0 Å². The van der Waals surface area contributed by atoms with E-state index in [0.29, 0.717) is 18.5 Å². The van der Waals surface area contributed by atoms with Crippen molar-refractivity contribution in [2.24, 2.45) is 0 Å². The number of amides is 1. The van der Waals surface area contributed by atoms with Crippen LogP contribution < -0.4 is 0 Å². The summed E-state index contributed by atoms with van der Waals surface area (Å²) < 4.78 is 37.0. The van der Waals surface area contributed by atoms with Crippen LogP contribution >= 0.6 is 0 Å². The summed E-state index contributed by atoms with van der Waals surface area (Å²) in [7, 11) is 1.18. The summed E-state index contributed by atoms with van der Waals surface area (Å²) in [6.45, 7) is 5.98. The molecule has 0 saturated carbocycles. The summed E-state index contributed by atoms with van der Waals surface area (Å²) in [4.78, 5) is 25.5. The highest BCUT2D eigenvalue weighted by atomic mass is 19.2. The molecule has 1 aromatic rings. The topological polar surface area (TPSA) is 55.8 Å². The van der Waals surface area contributed by atoms with Crippen LogP contribution in [0.4, 0.5) is 13.6 Å². The Morgan fingerprint density at radius 1 is 1.21 bits per heavy atom. The first-order valence-electron chi connectivity index (χ1n) is 7.67. The average molecular weight is 341 g/mol. The monoisotopic (exact) mass is 341 g/mol. The number of hydrogen-bond acceptors (Lipinski definition) is 4. The van der Waals surface area contributed by atoms with Crippen LogP contribution in [0.2, 0.25) is 0 Å². The number of nitrogens with zero attached hydrogens (tertiary/aromatic N) is 1. The van der Waals surface area contributed by atoms with E-state index < -0.39 is 29.3 Å². The van der Waals surface area contributed by atoms with Gasteiger partial charge in [-0.3, -0.25) is 0 Å². The molecule has 5 nitrogen and oxygen atoms in total. The van der Waals surface area contributed by atoms with Crippen LogP contribution in [0, 0.1) is 11.6 Å². The third-order valence-corrected chi connectivity index (χ3v) is 3.78. The Labute approximate surface area is 139 Å². The molecule has 0 bridgehead atoms. The molecule has 1 unspecified atom stereocenters. The van der Waals surface area contributed by atoms with Crippen molar-refractivity contribution in [1.82, 2.24) is 4.90 Å². The lowest BCUT2D eigenvalue weighted by Gasteiger charge is -2.24. The SMILES string of the molecule is COC(=O)c1cc(F)c(F)cc1C1CCN(C(=O)OC(C)(C)C)C1. The lowest BCUT2D eigenvalue weighted by atomic mass is 9.93. The molecular weight excluding hydrogens is 320 g/mol. The van der Waals surface area contributed by atoms with Gasteiger partial charge in [0.2, 0.25) is 0 Å². The lowest BCUT2D eigenvalue weighted by Crippen LogP contribution is -2.35. The van der Waals surface area contributed by atoms with Gasteiger partial charge >= 0.3 is 12.1 Å². The molecule has 24 heavy (non-hydrogen) atoms. The molecular formula is C17H21F2NO4. The van der Waals surface area contributed by atoms with Crippen molar-refractivity contribution < 1.29 is 27.8 Å². The number of rotatable bonds is 2. The van der Waals surface area contributed by atoms with E-state index in [-0.39, 0.29) is 18.0 Å². The summed E-state index contributed by atoms with van der Waals surface area (Å²) in [5.41, 5.74) is -0.298. The molecule has 1 aliphatic heterocycles. The summed E-state index contributed by atoms with van der Waals surface area (Å²) in [6, 6.07) is 1.84. The molecule has 132 valence electrons.